The molecule has 1 aromatic rings. The average molecular weight is 165 g/mol. The molecule has 2 rings (SSSR count). The fourth-order valence-electron chi connectivity index (χ4n) is 1.03. The summed E-state index contributed by atoms with van der Waals surface area (Å²) in [6, 6.07) is 3.89. The maximum atomic E-state index is 5.54. The van der Waals surface area contributed by atoms with E-state index in [4.69, 9.17) is 9.47 Å². The molecular weight excluding hydrogens is 154 g/mol. The molecule has 0 saturated carbocycles. The SMILES string of the molecule is Cc1cccnc1OC1COC1. The number of hydrogen-bond acceptors (Lipinski definition) is 3. The maximum absolute atomic E-state index is 5.54. The molecule has 1 saturated heterocycles. The number of nitrogens with zero attached hydrogens (tertiary/aromatic N) is 1. The quantitative estimate of drug-likeness (QED) is 0.659. The van der Waals surface area contributed by atoms with Gasteiger partial charge in [0.15, 0.2) is 0 Å². The highest BCUT2D eigenvalue weighted by atomic mass is 16.6. The van der Waals surface area contributed by atoms with Crippen LogP contribution in [0.5, 0.6) is 5.88 Å². The Morgan fingerprint density at radius 1 is 1.58 bits per heavy atom. The lowest BCUT2D eigenvalue weighted by atomic mass is 10.3. The predicted octanol–water partition coefficient (Wildman–Crippen LogP) is 1.17. The topological polar surface area (TPSA) is 31.4 Å². The molecule has 0 aliphatic carbocycles. The van der Waals surface area contributed by atoms with Gasteiger partial charge in [-0.15, -0.1) is 0 Å². The first-order valence-corrected chi connectivity index (χ1v) is 4.02. The molecule has 12 heavy (non-hydrogen) atoms. The zero-order valence-corrected chi connectivity index (χ0v) is 6.99. The largest absolute Gasteiger partial charge is 0.469 e. The molecule has 0 bridgehead atoms. The van der Waals surface area contributed by atoms with Crippen molar-refractivity contribution in [2.24, 2.45) is 0 Å². The number of ether oxygens (including phenoxy) is 2. The molecule has 64 valence electrons. The zero-order chi connectivity index (χ0) is 8.39. The van der Waals surface area contributed by atoms with Crippen LogP contribution in [0.25, 0.3) is 0 Å². The number of pyridine rings is 1. The zero-order valence-electron chi connectivity index (χ0n) is 6.99. The highest BCUT2D eigenvalue weighted by Crippen LogP contribution is 2.16. The third kappa shape index (κ3) is 1.41. The van der Waals surface area contributed by atoms with Crippen LogP contribution in [0, 0.1) is 6.92 Å². The van der Waals surface area contributed by atoms with Crippen LogP contribution in [-0.4, -0.2) is 24.3 Å². The molecule has 1 fully saturated rings. The molecule has 0 amide bonds. The van der Waals surface area contributed by atoms with E-state index in [0.29, 0.717) is 13.2 Å². The molecule has 0 aromatic carbocycles. The Morgan fingerprint density at radius 3 is 3.00 bits per heavy atom. The summed E-state index contributed by atoms with van der Waals surface area (Å²) in [4.78, 5) is 4.12. The van der Waals surface area contributed by atoms with Crippen LogP contribution in [0.4, 0.5) is 0 Å². The van der Waals surface area contributed by atoms with E-state index in [9.17, 15) is 0 Å². The highest BCUT2D eigenvalue weighted by molar-refractivity contribution is 5.23. The fraction of sp³-hybridized carbons (Fsp3) is 0.444. The molecular formula is C9H11NO2. The second-order valence-corrected chi connectivity index (χ2v) is 2.90. The van der Waals surface area contributed by atoms with Gasteiger partial charge in [0.1, 0.15) is 6.10 Å². The Bertz CT molecular complexity index is 271. The smallest absolute Gasteiger partial charge is 0.216 e. The molecule has 0 atom stereocenters. The summed E-state index contributed by atoms with van der Waals surface area (Å²) in [5, 5.41) is 0. The Hall–Kier alpha value is -1.09. The van der Waals surface area contributed by atoms with Crippen molar-refractivity contribution >= 4 is 0 Å². The van der Waals surface area contributed by atoms with Crippen LogP contribution >= 0.6 is 0 Å². The molecule has 2 heterocycles. The van der Waals surface area contributed by atoms with Crippen LogP contribution in [0.15, 0.2) is 18.3 Å². The van der Waals surface area contributed by atoms with Gasteiger partial charge in [0.25, 0.3) is 0 Å². The summed E-state index contributed by atoms with van der Waals surface area (Å²) < 4.78 is 10.5. The second-order valence-electron chi connectivity index (χ2n) is 2.90. The van der Waals surface area contributed by atoms with Crippen molar-refractivity contribution in [1.29, 1.82) is 0 Å². The van der Waals surface area contributed by atoms with Gasteiger partial charge in [-0.25, -0.2) is 4.98 Å². The first kappa shape index (κ1) is 7.55. The number of aromatic nitrogens is 1. The number of rotatable bonds is 2. The molecule has 0 N–H and O–H groups in total. The van der Waals surface area contributed by atoms with Gasteiger partial charge in [-0.3, -0.25) is 0 Å². The molecule has 0 radical (unpaired) electrons. The van der Waals surface area contributed by atoms with Gasteiger partial charge in [-0.2, -0.15) is 0 Å². The van der Waals surface area contributed by atoms with Gasteiger partial charge in [-0.05, 0) is 13.0 Å². The minimum atomic E-state index is 0.207. The van der Waals surface area contributed by atoms with Gasteiger partial charge >= 0.3 is 0 Å². The number of hydrogen-bond donors (Lipinski definition) is 0. The normalized spacial score (nSPS) is 17.1. The van der Waals surface area contributed by atoms with Crippen molar-refractivity contribution in [2.45, 2.75) is 13.0 Å². The molecule has 3 heteroatoms. The van der Waals surface area contributed by atoms with E-state index in [1.165, 1.54) is 0 Å². The lowest BCUT2D eigenvalue weighted by molar-refractivity contribution is -0.0815. The third-order valence-electron chi connectivity index (χ3n) is 1.85. The van der Waals surface area contributed by atoms with E-state index < -0.39 is 0 Å². The van der Waals surface area contributed by atoms with Crippen LogP contribution in [0.1, 0.15) is 5.56 Å². The van der Waals surface area contributed by atoms with E-state index in [1.807, 2.05) is 19.1 Å². The van der Waals surface area contributed by atoms with E-state index in [0.717, 1.165) is 11.4 Å². The second kappa shape index (κ2) is 3.11. The third-order valence-corrected chi connectivity index (χ3v) is 1.85. The van der Waals surface area contributed by atoms with Gasteiger partial charge in [0.2, 0.25) is 5.88 Å². The summed E-state index contributed by atoms with van der Waals surface area (Å²) >= 11 is 0. The summed E-state index contributed by atoms with van der Waals surface area (Å²) in [7, 11) is 0. The Kier molecular flexibility index (Phi) is 1.96. The highest BCUT2D eigenvalue weighted by Gasteiger charge is 2.20. The van der Waals surface area contributed by atoms with Crippen LogP contribution in [0.3, 0.4) is 0 Å². The minimum Gasteiger partial charge on any atom is -0.469 e. The van der Waals surface area contributed by atoms with Crippen LogP contribution in [-0.2, 0) is 4.74 Å². The number of aryl methyl sites for hydroxylation is 1. The Balaban J connectivity index is 2.06. The first-order chi connectivity index (χ1) is 5.86. The van der Waals surface area contributed by atoms with Crippen LogP contribution < -0.4 is 4.74 Å². The van der Waals surface area contributed by atoms with Crippen molar-refractivity contribution in [1.82, 2.24) is 4.98 Å². The van der Waals surface area contributed by atoms with Gasteiger partial charge in [0.05, 0.1) is 13.2 Å². The van der Waals surface area contributed by atoms with Crippen molar-refractivity contribution in [2.75, 3.05) is 13.2 Å². The summed E-state index contributed by atoms with van der Waals surface area (Å²) in [6.45, 7) is 3.37. The van der Waals surface area contributed by atoms with Gasteiger partial charge in [-0.1, -0.05) is 6.07 Å². The van der Waals surface area contributed by atoms with Crippen molar-refractivity contribution in [3.8, 4) is 5.88 Å². The van der Waals surface area contributed by atoms with Crippen molar-refractivity contribution < 1.29 is 9.47 Å². The van der Waals surface area contributed by atoms with E-state index in [2.05, 4.69) is 4.98 Å². The van der Waals surface area contributed by atoms with E-state index in [-0.39, 0.29) is 6.10 Å². The van der Waals surface area contributed by atoms with Gasteiger partial charge in [0, 0.05) is 11.8 Å². The molecule has 1 aliphatic rings. The summed E-state index contributed by atoms with van der Waals surface area (Å²) in [5.41, 5.74) is 1.07. The molecule has 0 spiro atoms. The Morgan fingerprint density at radius 2 is 2.42 bits per heavy atom. The molecule has 1 aromatic heterocycles. The lowest BCUT2D eigenvalue weighted by Gasteiger charge is -2.26. The first-order valence-electron chi connectivity index (χ1n) is 4.02. The summed E-state index contributed by atoms with van der Waals surface area (Å²) in [6.07, 6.45) is 1.94. The Labute approximate surface area is 71.3 Å². The van der Waals surface area contributed by atoms with Gasteiger partial charge < -0.3 is 9.47 Å². The maximum Gasteiger partial charge on any atom is 0.216 e. The fourth-order valence-corrected chi connectivity index (χ4v) is 1.03. The molecule has 0 unspecified atom stereocenters. The van der Waals surface area contributed by atoms with Crippen LogP contribution in [0.2, 0.25) is 0 Å². The lowest BCUT2D eigenvalue weighted by Crippen LogP contribution is -2.38. The molecule has 1 aliphatic heterocycles. The van der Waals surface area contributed by atoms with E-state index >= 15 is 0 Å². The standard InChI is InChI=1S/C9H11NO2/c1-7-3-2-4-10-9(7)12-8-5-11-6-8/h2-4,8H,5-6H2,1H3. The average Bonchev–Trinajstić information content (AvgIpc) is 2.00. The van der Waals surface area contributed by atoms with Crippen molar-refractivity contribution in [3.05, 3.63) is 23.9 Å². The van der Waals surface area contributed by atoms with E-state index in [1.54, 1.807) is 6.20 Å². The molecule has 3 nitrogen and oxygen atoms in total. The summed E-state index contributed by atoms with van der Waals surface area (Å²) in [5.74, 6) is 0.728. The monoisotopic (exact) mass is 165 g/mol. The predicted molar refractivity (Wildman–Crippen MR) is 44.2 cm³/mol. The minimum absolute atomic E-state index is 0.207. The van der Waals surface area contributed by atoms with Crippen molar-refractivity contribution in [3.63, 3.8) is 0 Å².